The van der Waals surface area contributed by atoms with Gasteiger partial charge in [0, 0.05) is 23.7 Å². The highest BCUT2D eigenvalue weighted by molar-refractivity contribution is 5.51. The Morgan fingerprint density at radius 2 is 1.96 bits per heavy atom. The summed E-state index contributed by atoms with van der Waals surface area (Å²) in [7, 11) is 0. The van der Waals surface area contributed by atoms with Gasteiger partial charge in [0.1, 0.15) is 11.6 Å². The minimum Gasteiger partial charge on any atom is -0.419 e. The van der Waals surface area contributed by atoms with Crippen molar-refractivity contribution in [2.45, 2.75) is 32.7 Å². The predicted molar refractivity (Wildman–Crippen MR) is 90.3 cm³/mol. The smallest absolute Gasteiger partial charge is 0.247 e. The third-order valence-corrected chi connectivity index (χ3v) is 3.98. The van der Waals surface area contributed by atoms with E-state index in [1.165, 1.54) is 12.8 Å². The molecule has 1 aliphatic carbocycles. The average Bonchev–Trinajstić information content (AvgIpc) is 3.27. The van der Waals surface area contributed by atoms with Crippen LogP contribution in [-0.4, -0.2) is 20.2 Å². The molecule has 1 N–H and O–H groups in total. The second-order valence-corrected chi connectivity index (χ2v) is 6.18. The van der Waals surface area contributed by atoms with Crippen molar-refractivity contribution in [3.05, 3.63) is 53.8 Å². The molecule has 1 fully saturated rings. The molecule has 6 heteroatoms. The molecular weight excluding hydrogens is 302 g/mol. The van der Waals surface area contributed by atoms with Gasteiger partial charge in [-0.2, -0.15) is 0 Å². The first-order valence-corrected chi connectivity index (χ1v) is 8.22. The van der Waals surface area contributed by atoms with Crippen LogP contribution in [0.3, 0.4) is 0 Å². The summed E-state index contributed by atoms with van der Waals surface area (Å²) in [6, 6.07) is 11.7. The Hall–Kier alpha value is -2.76. The van der Waals surface area contributed by atoms with Crippen molar-refractivity contribution in [2.75, 3.05) is 5.32 Å². The molecular formula is C18H19N5O. The number of rotatable bonds is 6. The zero-order valence-corrected chi connectivity index (χ0v) is 13.6. The number of benzene rings is 1. The summed E-state index contributed by atoms with van der Waals surface area (Å²) >= 11 is 0. The Labute approximate surface area is 140 Å². The minimum absolute atomic E-state index is 0.444. The third kappa shape index (κ3) is 3.59. The van der Waals surface area contributed by atoms with Crippen molar-refractivity contribution >= 4 is 5.82 Å². The third-order valence-electron chi connectivity index (χ3n) is 3.98. The molecule has 0 aliphatic heterocycles. The van der Waals surface area contributed by atoms with Gasteiger partial charge in [0.25, 0.3) is 0 Å². The summed E-state index contributed by atoms with van der Waals surface area (Å²) in [4.78, 5) is 9.09. The molecule has 3 aromatic rings. The maximum Gasteiger partial charge on any atom is 0.247 e. The molecule has 2 heterocycles. The molecule has 0 saturated heterocycles. The molecule has 0 amide bonds. The van der Waals surface area contributed by atoms with E-state index in [2.05, 4.69) is 25.5 Å². The molecule has 1 saturated carbocycles. The monoisotopic (exact) mass is 321 g/mol. The SMILES string of the molecule is Cc1cc(NCc2nnc(-c3ccccc3)o2)nc(CC2CC2)n1. The van der Waals surface area contributed by atoms with E-state index in [0.29, 0.717) is 18.3 Å². The van der Waals surface area contributed by atoms with Crippen LogP contribution in [0.25, 0.3) is 11.5 Å². The summed E-state index contributed by atoms with van der Waals surface area (Å²) in [6.45, 7) is 2.43. The van der Waals surface area contributed by atoms with Gasteiger partial charge in [-0.25, -0.2) is 9.97 Å². The molecule has 122 valence electrons. The number of aryl methyl sites for hydroxylation is 1. The van der Waals surface area contributed by atoms with E-state index in [4.69, 9.17) is 4.42 Å². The summed E-state index contributed by atoms with van der Waals surface area (Å²) in [5, 5.41) is 11.4. The topological polar surface area (TPSA) is 76.7 Å². The Bertz CT molecular complexity index is 826. The lowest BCUT2D eigenvalue weighted by molar-refractivity contribution is 0.514. The van der Waals surface area contributed by atoms with Gasteiger partial charge in [-0.15, -0.1) is 10.2 Å². The summed E-state index contributed by atoms with van der Waals surface area (Å²) < 4.78 is 5.70. The summed E-state index contributed by atoms with van der Waals surface area (Å²) in [5.41, 5.74) is 1.89. The van der Waals surface area contributed by atoms with Crippen LogP contribution < -0.4 is 5.32 Å². The lowest BCUT2D eigenvalue weighted by atomic mass is 10.2. The summed E-state index contributed by atoms with van der Waals surface area (Å²) in [5.74, 6) is 3.55. The fourth-order valence-electron chi connectivity index (χ4n) is 2.58. The average molecular weight is 321 g/mol. The maximum absolute atomic E-state index is 5.70. The number of nitrogens with zero attached hydrogens (tertiary/aromatic N) is 4. The number of aromatic nitrogens is 4. The Morgan fingerprint density at radius 3 is 2.75 bits per heavy atom. The predicted octanol–water partition coefficient (Wildman–Crippen LogP) is 3.40. The van der Waals surface area contributed by atoms with Crippen LogP contribution in [0.5, 0.6) is 0 Å². The second-order valence-electron chi connectivity index (χ2n) is 6.18. The molecule has 0 bridgehead atoms. The first kappa shape index (κ1) is 14.8. The molecule has 1 aliphatic rings. The molecule has 0 spiro atoms. The number of anilines is 1. The Morgan fingerprint density at radius 1 is 1.12 bits per heavy atom. The molecule has 0 radical (unpaired) electrons. The highest BCUT2D eigenvalue weighted by Gasteiger charge is 2.23. The van der Waals surface area contributed by atoms with Crippen LogP contribution in [-0.2, 0) is 13.0 Å². The lowest BCUT2D eigenvalue weighted by Gasteiger charge is -2.06. The van der Waals surface area contributed by atoms with Crippen molar-refractivity contribution < 1.29 is 4.42 Å². The van der Waals surface area contributed by atoms with E-state index in [-0.39, 0.29) is 0 Å². The van der Waals surface area contributed by atoms with Crippen LogP contribution in [0.15, 0.2) is 40.8 Å². The van der Waals surface area contributed by atoms with Gasteiger partial charge in [-0.3, -0.25) is 0 Å². The fourth-order valence-corrected chi connectivity index (χ4v) is 2.58. The molecule has 24 heavy (non-hydrogen) atoms. The Balaban J connectivity index is 1.43. The molecule has 4 rings (SSSR count). The van der Waals surface area contributed by atoms with E-state index < -0.39 is 0 Å². The van der Waals surface area contributed by atoms with Crippen molar-refractivity contribution in [2.24, 2.45) is 5.92 Å². The standard InChI is InChI=1S/C18H19N5O/c1-12-9-15(21-16(20-12)10-13-7-8-13)19-11-17-22-23-18(24-17)14-5-3-2-4-6-14/h2-6,9,13H,7-8,10-11H2,1H3,(H,19,20,21). The van der Waals surface area contributed by atoms with Gasteiger partial charge < -0.3 is 9.73 Å². The van der Waals surface area contributed by atoms with Crippen molar-refractivity contribution in [3.63, 3.8) is 0 Å². The van der Waals surface area contributed by atoms with Gasteiger partial charge >= 0.3 is 0 Å². The Kier molecular flexibility index (Phi) is 3.94. The van der Waals surface area contributed by atoms with Crippen LogP contribution in [0, 0.1) is 12.8 Å². The highest BCUT2D eigenvalue weighted by Crippen LogP contribution is 2.31. The van der Waals surface area contributed by atoms with Gasteiger partial charge in [0.05, 0.1) is 6.54 Å². The molecule has 2 aromatic heterocycles. The van der Waals surface area contributed by atoms with Crippen molar-refractivity contribution in [1.29, 1.82) is 0 Å². The largest absolute Gasteiger partial charge is 0.419 e. The number of hydrogen-bond donors (Lipinski definition) is 1. The number of hydrogen-bond acceptors (Lipinski definition) is 6. The first-order chi connectivity index (χ1) is 11.8. The molecule has 0 unspecified atom stereocenters. The van der Waals surface area contributed by atoms with Crippen LogP contribution in [0.4, 0.5) is 5.82 Å². The van der Waals surface area contributed by atoms with Gasteiger partial charge in [-0.05, 0) is 37.8 Å². The normalized spacial score (nSPS) is 13.9. The molecule has 1 aromatic carbocycles. The number of nitrogens with one attached hydrogen (secondary N) is 1. The van der Waals surface area contributed by atoms with Gasteiger partial charge in [0.2, 0.25) is 11.8 Å². The fraction of sp³-hybridized carbons (Fsp3) is 0.333. The molecule has 6 nitrogen and oxygen atoms in total. The first-order valence-electron chi connectivity index (χ1n) is 8.22. The van der Waals surface area contributed by atoms with E-state index in [1.807, 2.05) is 43.3 Å². The van der Waals surface area contributed by atoms with Crippen LogP contribution in [0.2, 0.25) is 0 Å². The van der Waals surface area contributed by atoms with Gasteiger partial charge in [0.15, 0.2) is 0 Å². The van der Waals surface area contributed by atoms with E-state index in [1.54, 1.807) is 0 Å². The lowest BCUT2D eigenvalue weighted by Crippen LogP contribution is -2.06. The van der Waals surface area contributed by atoms with Crippen molar-refractivity contribution in [3.8, 4) is 11.5 Å². The quantitative estimate of drug-likeness (QED) is 0.750. The van der Waals surface area contributed by atoms with E-state index >= 15 is 0 Å². The summed E-state index contributed by atoms with van der Waals surface area (Å²) in [6.07, 6.45) is 3.56. The van der Waals surface area contributed by atoms with E-state index in [0.717, 1.165) is 35.2 Å². The van der Waals surface area contributed by atoms with Crippen molar-refractivity contribution in [1.82, 2.24) is 20.2 Å². The molecule has 0 atom stereocenters. The maximum atomic E-state index is 5.70. The zero-order valence-electron chi connectivity index (χ0n) is 13.6. The van der Waals surface area contributed by atoms with Crippen LogP contribution >= 0.6 is 0 Å². The minimum atomic E-state index is 0.444. The highest BCUT2D eigenvalue weighted by atomic mass is 16.4. The van der Waals surface area contributed by atoms with E-state index in [9.17, 15) is 0 Å². The van der Waals surface area contributed by atoms with Crippen LogP contribution in [0.1, 0.15) is 30.3 Å². The zero-order chi connectivity index (χ0) is 16.4. The van der Waals surface area contributed by atoms with Gasteiger partial charge in [-0.1, -0.05) is 18.2 Å². The second kappa shape index (κ2) is 6.39.